The first-order valence-corrected chi connectivity index (χ1v) is 7.33. The zero-order valence-electron chi connectivity index (χ0n) is 13.0. The molecule has 0 saturated carbocycles. The molecule has 0 amide bonds. The Morgan fingerprint density at radius 1 is 0.905 bits per heavy atom. The summed E-state index contributed by atoms with van der Waals surface area (Å²) in [5.74, 6) is 0.965. The van der Waals surface area contributed by atoms with E-state index in [9.17, 15) is 0 Å². The molecule has 1 N–H and O–H groups in total. The first-order chi connectivity index (χ1) is 10.1. The quantitative estimate of drug-likeness (QED) is 0.754. The third-order valence-electron chi connectivity index (χ3n) is 4.01. The van der Waals surface area contributed by atoms with Gasteiger partial charge in [0, 0.05) is 5.39 Å². The second-order valence-electron chi connectivity index (χ2n) is 5.77. The number of rotatable bonds is 3. The second-order valence-corrected chi connectivity index (χ2v) is 5.77. The van der Waals surface area contributed by atoms with Crippen LogP contribution in [0.25, 0.3) is 11.0 Å². The summed E-state index contributed by atoms with van der Waals surface area (Å²) in [6, 6.07) is 15.1. The molecule has 3 aromatic rings. The summed E-state index contributed by atoms with van der Waals surface area (Å²) in [6.07, 6.45) is 0. The first kappa shape index (κ1) is 13.9. The van der Waals surface area contributed by atoms with Crippen molar-refractivity contribution in [2.24, 2.45) is 0 Å². The number of benzene rings is 2. The summed E-state index contributed by atoms with van der Waals surface area (Å²) in [6.45, 7) is 6.37. The molecular formula is C19H21NO. The van der Waals surface area contributed by atoms with Gasteiger partial charge in [-0.2, -0.15) is 0 Å². The Morgan fingerprint density at radius 3 is 2.38 bits per heavy atom. The van der Waals surface area contributed by atoms with Gasteiger partial charge in [-0.15, -0.1) is 0 Å². The molecule has 0 spiro atoms. The lowest BCUT2D eigenvalue weighted by Gasteiger charge is -2.17. The third-order valence-corrected chi connectivity index (χ3v) is 4.01. The van der Waals surface area contributed by atoms with E-state index in [-0.39, 0.29) is 6.04 Å². The molecule has 1 aromatic heterocycles. The molecule has 1 heterocycles. The van der Waals surface area contributed by atoms with Gasteiger partial charge in [0.25, 0.3) is 0 Å². The van der Waals surface area contributed by atoms with Crippen LogP contribution in [0.4, 0.5) is 0 Å². The molecule has 0 aliphatic carbocycles. The maximum atomic E-state index is 6.06. The standard InChI is InChI=1S/C19H21NO/c1-12-6-8-17-15(9-12)11-18(21-17)19(20-4)16-10-13(2)5-7-14(16)3/h5-11,19-20H,1-4H3. The molecule has 21 heavy (non-hydrogen) atoms. The lowest BCUT2D eigenvalue weighted by Crippen LogP contribution is -2.18. The van der Waals surface area contributed by atoms with Crippen LogP contribution in [-0.4, -0.2) is 7.05 Å². The molecule has 108 valence electrons. The second kappa shape index (κ2) is 5.38. The Kier molecular flexibility index (Phi) is 3.56. The molecule has 0 bridgehead atoms. The van der Waals surface area contributed by atoms with Crippen molar-refractivity contribution in [1.82, 2.24) is 5.32 Å². The van der Waals surface area contributed by atoms with Crippen LogP contribution in [0.5, 0.6) is 0 Å². The van der Waals surface area contributed by atoms with Crippen LogP contribution < -0.4 is 5.32 Å². The van der Waals surface area contributed by atoms with E-state index in [0.717, 1.165) is 16.7 Å². The number of hydrogen-bond donors (Lipinski definition) is 1. The molecule has 0 aliphatic rings. The molecule has 2 aromatic carbocycles. The Hall–Kier alpha value is -2.06. The van der Waals surface area contributed by atoms with Crippen molar-refractivity contribution in [2.75, 3.05) is 7.05 Å². The van der Waals surface area contributed by atoms with Gasteiger partial charge in [0.2, 0.25) is 0 Å². The summed E-state index contributed by atoms with van der Waals surface area (Å²) in [5, 5.41) is 4.55. The van der Waals surface area contributed by atoms with Crippen LogP contribution >= 0.6 is 0 Å². The minimum atomic E-state index is 0.0811. The zero-order chi connectivity index (χ0) is 15.0. The largest absolute Gasteiger partial charge is 0.459 e. The van der Waals surface area contributed by atoms with Crippen molar-refractivity contribution < 1.29 is 4.42 Å². The fourth-order valence-electron chi connectivity index (χ4n) is 2.85. The van der Waals surface area contributed by atoms with E-state index in [2.05, 4.69) is 62.5 Å². The van der Waals surface area contributed by atoms with Gasteiger partial charge in [-0.1, -0.05) is 35.4 Å². The number of hydrogen-bond acceptors (Lipinski definition) is 2. The number of fused-ring (bicyclic) bond motifs is 1. The van der Waals surface area contributed by atoms with Crippen molar-refractivity contribution >= 4 is 11.0 Å². The van der Waals surface area contributed by atoms with Crippen LogP contribution in [0.2, 0.25) is 0 Å². The smallest absolute Gasteiger partial charge is 0.134 e. The minimum Gasteiger partial charge on any atom is -0.459 e. The summed E-state index contributed by atoms with van der Waals surface area (Å²) >= 11 is 0. The highest BCUT2D eigenvalue weighted by Crippen LogP contribution is 2.30. The first-order valence-electron chi connectivity index (χ1n) is 7.33. The third kappa shape index (κ3) is 2.59. The SMILES string of the molecule is CNC(c1cc2cc(C)ccc2o1)c1cc(C)ccc1C. The molecule has 0 radical (unpaired) electrons. The van der Waals surface area contributed by atoms with E-state index < -0.39 is 0 Å². The number of nitrogens with one attached hydrogen (secondary N) is 1. The highest BCUT2D eigenvalue weighted by atomic mass is 16.3. The Morgan fingerprint density at radius 2 is 1.62 bits per heavy atom. The molecule has 0 aliphatic heterocycles. The zero-order valence-corrected chi connectivity index (χ0v) is 13.0. The number of furan rings is 1. The fraction of sp³-hybridized carbons (Fsp3) is 0.263. The molecule has 0 fully saturated rings. The van der Waals surface area contributed by atoms with Gasteiger partial charge < -0.3 is 9.73 Å². The van der Waals surface area contributed by atoms with Crippen LogP contribution in [0.3, 0.4) is 0 Å². The minimum absolute atomic E-state index is 0.0811. The molecule has 1 unspecified atom stereocenters. The topological polar surface area (TPSA) is 25.2 Å². The van der Waals surface area contributed by atoms with Gasteiger partial charge >= 0.3 is 0 Å². The molecular weight excluding hydrogens is 258 g/mol. The highest BCUT2D eigenvalue weighted by molar-refractivity contribution is 5.79. The molecule has 3 rings (SSSR count). The summed E-state index contributed by atoms with van der Waals surface area (Å²) in [4.78, 5) is 0. The van der Waals surface area contributed by atoms with Gasteiger partial charge in [0.1, 0.15) is 11.3 Å². The van der Waals surface area contributed by atoms with Crippen LogP contribution in [0.1, 0.15) is 34.1 Å². The van der Waals surface area contributed by atoms with E-state index >= 15 is 0 Å². The van der Waals surface area contributed by atoms with Crippen molar-refractivity contribution in [3.8, 4) is 0 Å². The monoisotopic (exact) mass is 279 g/mol. The van der Waals surface area contributed by atoms with Crippen LogP contribution in [-0.2, 0) is 0 Å². The summed E-state index contributed by atoms with van der Waals surface area (Å²) in [7, 11) is 1.98. The molecule has 2 nitrogen and oxygen atoms in total. The maximum Gasteiger partial charge on any atom is 0.134 e. The number of aryl methyl sites for hydroxylation is 3. The van der Waals surface area contributed by atoms with Gasteiger partial charge in [0.15, 0.2) is 0 Å². The van der Waals surface area contributed by atoms with Gasteiger partial charge in [-0.05, 0) is 57.1 Å². The predicted octanol–water partition coefficient (Wildman–Crippen LogP) is 4.67. The Balaban J connectivity index is 2.11. The Labute approximate surface area is 125 Å². The summed E-state index contributed by atoms with van der Waals surface area (Å²) in [5.41, 5.74) is 6.01. The van der Waals surface area contributed by atoms with Crippen molar-refractivity contribution in [3.05, 3.63) is 70.5 Å². The van der Waals surface area contributed by atoms with Crippen LogP contribution in [0.15, 0.2) is 46.9 Å². The summed E-state index contributed by atoms with van der Waals surface area (Å²) < 4.78 is 6.06. The molecule has 2 heteroatoms. The fourth-order valence-corrected chi connectivity index (χ4v) is 2.85. The Bertz CT molecular complexity index is 785. The van der Waals surface area contributed by atoms with Crippen LogP contribution in [0, 0.1) is 20.8 Å². The van der Waals surface area contributed by atoms with Crippen molar-refractivity contribution in [2.45, 2.75) is 26.8 Å². The lowest BCUT2D eigenvalue weighted by atomic mass is 9.97. The van der Waals surface area contributed by atoms with Gasteiger partial charge in [-0.3, -0.25) is 0 Å². The van der Waals surface area contributed by atoms with Crippen molar-refractivity contribution in [3.63, 3.8) is 0 Å². The van der Waals surface area contributed by atoms with Crippen molar-refractivity contribution in [1.29, 1.82) is 0 Å². The molecule has 0 saturated heterocycles. The lowest BCUT2D eigenvalue weighted by molar-refractivity contribution is 0.490. The van der Waals surface area contributed by atoms with E-state index in [1.165, 1.54) is 22.3 Å². The average Bonchev–Trinajstić information content (AvgIpc) is 2.86. The average molecular weight is 279 g/mol. The normalized spacial score (nSPS) is 12.8. The predicted molar refractivity (Wildman–Crippen MR) is 87.8 cm³/mol. The van der Waals surface area contributed by atoms with Gasteiger partial charge in [-0.25, -0.2) is 0 Å². The van der Waals surface area contributed by atoms with E-state index in [4.69, 9.17) is 4.42 Å². The molecule has 1 atom stereocenters. The van der Waals surface area contributed by atoms with E-state index in [1.807, 2.05) is 13.1 Å². The van der Waals surface area contributed by atoms with E-state index in [1.54, 1.807) is 0 Å². The highest BCUT2D eigenvalue weighted by Gasteiger charge is 2.18. The maximum absolute atomic E-state index is 6.06. The van der Waals surface area contributed by atoms with E-state index in [0.29, 0.717) is 0 Å². The van der Waals surface area contributed by atoms with Gasteiger partial charge in [0.05, 0.1) is 6.04 Å².